The third-order valence-corrected chi connectivity index (χ3v) is 2.67. The van der Waals surface area contributed by atoms with Gasteiger partial charge in [0.2, 0.25) is 5.91 Å². The van der Waals surface area contributed by atoms with Gasteiger partial charge < -0.3 is 10.6 Å². The maximum atomic E-state index is 11.9. The molecular formula is C12H14F3N5O. The molecule has 0 spiro atoms. The van der Waals surface area contributed by atoms with Crippen LogP contribution in [-0.2, 0) is 11.2 Å². The number of aromatic nitrogens is 3. The Morgan fingerprint density at radius 2 is 2.10 bits per heavy atom. The van der Waals surface area contributed by atoms with Gasteiger partial charge in [0, 0.05) is 19.2 Å². The largest absolute Gasteiger partial charge is 0.401 e. The fraction of sp³-hybridized carbons (Fsp3) is 0.417. The van der Waals surface area contributed by atoms with Gasteiger partial charge in [-0.3, -0.25) is 9.20 Å². The Morgan fingerprint density at radius 3 is 2.86 bits per heavy atom. The lowest BCUT2D eigenvalue weighted by Gasteiger charge is -2.08. The molecular weight excluding hydrogens is 287 g/mol. The van der Waals surface area contributed by atoms with E-state index in [9.17, 15) is 18.0 Å². The van der Waals surface area contributed by atoms with Crippen molar-refractivity contribution in [2.75, 3.05) is 19.6 Å². The zero-order valence-electron chi connectivity index (χ0n) is 11.0. The summed E-state index contributed by atoms with van der Waals surface area (Å²) in [4.78, 5) is 11.3. The van der Waals surface area contributed by atoms with Crippen molar-refractivity contribution in [2.45, 2.75) is 12.6 Å². The lowest BCUT2D eigenvalue weighted by Crippen LogP contribution is -2.38. The van der Waals surface area contributed by atoms with Crippen molar-refractivity contribution in [3.05, 3.63) is 30.2 Å². The van der Waals surface area contributed by atoms with Crippen molar-refractivity contribution < 1.29 is 18.0 Å². The first-order chi connectivity index (χ1) is 9.96. The van der Waals surface area contributed by atoms with Crippen molar-refractivity contribution in [3.63, 3.8) is 0 Å². The van der Waals surface area contributed by atoms with E-state index >= 15 is 0 Å². The second kappa shape index (κ2) is 6.53. The summed E-state index contributed by atoms with van der Waals surface area (Å²) in [6.45, 7) is -1.28. The third-order valence-electron chi connectivity index (χ3n) is 2.67. The summed E-state index contributed by atoms with van der Waals surface area (Å²) in [5.41, 5.74) is 0.700. The number of hydrogen-bond acceptors (Lipinski definition) is 4. The van der Waals surface area contributed by atoms with Crippen LogP contribution in [0.4, 0.5) is 13.2 Å². The molecule has 0 saturated heterocycles. The summed E-state index contributed by atoms with van der Waals surface area (Å²) in [5, 5.41) is 12.5. The number of alkyl halides is 3. The maximum Gasteiger partial charge on any atom is 0.401 e. The van der Waals surface area contributed by atoms with Crippen LogP contribution < -0.4 is 10.6 Å². The first-order valence-corrected chi connectivity index (χ1v) is 6.28. The minimum atomic E-state index is -4.32. The first-order valence-electron chi connectivity index (χ1n) is 6.28. The molecule has 2 heterocycles. The summed E-state index contributed by atoms with van der Waals surface area (Å²) in [5.74, 6) is 0.183. The van der Waals surface area contributed by atoms with Crippen LogP contribution >= 0.6 is 0 Å². The van der Waals surface area contributed by atoms with E-state index in [1.54, 1.807) is 16.7 Å². The standard InChI is InChI=1S/C12H14F3N5O/c13-12(14,15)8-16-7-11(21)17-5-4-10-19-18-9-3-1-2-6-20(9)10/h1-3,6,16H,4-5,7-8H2,(H,17,21). The number of nitrogens with zero attached hydrogens (tertiary/aromatic N) is 3. The van der Waals surface area contributed by atoms with Crippen molar-refractivity contribution >= 4 is 11.6 Å². The van der Waals surface area contributed by atoms with Gasteiger partial charge in [-0.2, -0.15) is 13.2 Å². The molecule has 9 heteroatoms. The van der Waals surface area contributed by atoms with Crippen LogP contribution in [-0.4, -0.2) is 46.3 Å². The minimum Gasteiger partial charge on any atom is -0.355 e. The molecule has 0 aromatic carbocycles. The summed E-state index contributed by atoms with van der Waals surface area (Å²) in [7, 11) is 0. The van der Waals surface area contributed by atoms with Crippen molar-refractivity contribution in [1.82, 2.24) is 25.2 Å². The molecule has 0 aliphatic carbocycles. The number of pyridine rings is 1. The van der Waals surface area contributed by atoms with Crippen LogP contribution in [0.1, 0.15) is 5.82 Å². The Bertz CT molecular complexity index is 610. The van der Waals surface area contributed by atoms with Gasteiger partial charge in [-0.25, -0.2) is 0 Å². The van der Waals surface area contributed by atoms with E-state index in [0.717, 1.165) is 0 Å². The zero-order valence-corrected chi connectivity index (χ0v) is 11.0. The molecule has 2 aromatic heterocycles. The number of hydrogen-bond donors (Lipinski definition) is 2. The monoisotopic (exact) mass is 301 g/mol. The third kappa shape index (κ3) is 4.71. The highest BCUT2D eigenvalue weighted by Crippen LogP contribution is 2.11. The van der Waals surface area contributed by atoms with Crippen molar-refractivity contribution in [3.8, 4) is 0 Å². The number of rotatable bonds is 6. The van der Waals surface area contributed by atoms with Crippen LogP contribution in [0.3, 0.4) is 0 Å². The van der Waals surface area contributed by atoms with E-state index in [1.165, 1.54) is 0 Å². The normalized spacial score (nSPS) is 11.8. The van der Waals surface area contributed by atoms with Gasteiger partial charge in [0.15, 0.2) is 5.65 Å². The summed E-state index contributed by atoms with van der Waals surface area (Å²) in [6.07, 6.45) is -2.08. The van der Waals surface area contributed by atoms with Gasteiger partial charge in [0.25, 0.3) is 0 Å². The zero-order chi connectivity index (χ0) is 15.3. The highest BCUT2D eigenvalue weighted by molar-refractivity contribution is 5.77. The Labute approximate surface area is 118 Å². The van der Waals surface area contributed by atoms with Crippen LogP contribution in [0.25, 0.3) is 5.65 Å². The Balaban J connectivity index is 1.73. The van der Waals surface area contributed by atoms with E-state index in [-0.39, 0.29) is 13.1 Å². The molecule has 6 nitrogen and oxygen atoms in total. The average molecular weight is 301 g/mol. The van der Waals surface area contributed by atoms with Gasteiger partial charge in [-0.15, -0.1) is 10.2 Å². The average Bonchev–Trinajstić information content (AvgIpc) is 2.81. The van der Waals surface area contributed by atoms with E-state index in [1.807, 2.05) is 17.4 Å². The molecule has 0 aliphatic rings. The molecule has 0 atom stereocenters. The Hall–Kier alpha value is -2.16. The summed E-state index contributed by atoms with van der Waals surface area (Å²) in [6, 6.07) is 5.47. The topological polar surface area (TPSA) is 71.3 Å². The van der Waals surface area contributed by atoms with E-state index < -0.39 is 18.6 Å². The number of amides is 1. The molecule has 0 fully saturated rings. The second-order valence-corrected chi connectivity index (χ2v) is 4.36. The minimum absolute atomic E-state index is 0.280. The van der Waals surface area contributed by atoms with Gasteiger partial charge in [0.1, 0.15) is 5.82 Å². The molecule has 2 aromatic rings. The predicted octanol–water partition coefficient (Wildman–Crippen LogP) is 0.540. The quantitative estimate of drug-likeness (QED) is 0.817. The predicted molar refractivity (Wildman–Crippen MR) is 68.6 cm³/mol. The molecule has 0 unspecified atom stereocenters. The first kappa shape index (κ1) is 15.2. The summed E-state index contributed by atoms with van der Waals surface area (Å²) >= 11 is 0. The van der Waals surface area contributed by atoms with E-state index in [4.69, 9.17) is 0 Å². The van der Waals surface area contributed by atoms with Crippen LogP contribution in [0.2, 0.25) is 0 Å². The molecule has 0 bridgehead atoms. The molecule has 0 radical (unpaired) electrons. The molecule has 0 aliphatic heterocycles. The van der Waals surface area contributed by atoms with Gasteiger partial charge >= 0.3 is 6.18 Å². The van der Waals surface area contributed by atoms with Gasteiger partial charge in [-0.1, -0.05) is 6.07 Å². The molecule has 2 N–H and O–H groups in total. The maximum absolute atomic E-state index is 11.9. The number of nitrogens with one attached hydrogen (secondary N) is 2. The lowest BCUT2D eigenvalue weighted by molar-refractivity contribution is -0.128. The lowest BCUT2D eigenvalue weighted by atomic mass is 10.3. The number of carbonyl (C=O) groups excluding carboxylic acids is 1. The number of carbonyl (C=O) groups is 1. The van der Waals surface area contributed by atoms with Gasteiger partial charge in [0.05, 0.1) is 13.1 Å². The van der Waals surface area contributed by atoms with E-state index in [2.05, 4.69) is 15.5 Å². The summed E-state index contributed by atoms with van der Waals surface area (Å²) < 4.78 is 37.4. The number of fused-ring (bicyclic) bond motifs is 1. The van der Waals surface area contributed by atoms with Crippen LogP contribution in [0.15, 0.2) is 24.4 Å². The van der Waals surface area contributed by atoms with E-state index in [0.29, 0.717) is 17.9 Å². The molecule has 2 rings (SSSR count). The van der Waals surface area contributed by atoms with Crippen LogP contribution in [0, 0.1) is 0 Å². The van der Waals surface area contributed by atoms with Crippen LogP contribution in [0.5, 0.6) is 0 Å². The molecule has 1 amide bonds. The highest BCUT2D eigenvalue weighted by Gasteiger charge is 2.26. The fourth-order valence-electron chi connectivity index (χ4n) is 1.76. The fourth-order valence-corrected chi connectivity index (χ4v) is 1.76. The highest BCUT2D eigenvalue weighted by atomic mass is 19.4. The van der Waals surface area contributed by atoms with Crippen molar-refractivity contribution in [1.29, 1.82) is 0 Å². The smallest absolute Gasteiger partial charge is 0.355 e. The Kier molecular flexibility index (Phi) is 4.73. The number of halogens is 3. The van der Waals surface area contributed by atoms with Crippen molar-refractivity contribution in [2.24, 2.45) is 0 Å². The molecule has 114 valence electrons. The molecule has 21 heavy (non-hydrogen) atoms. The SMILES string of the molecule is O=C(CNCC(F)(F)F)NCCc1nnc2ccccn12. The van der Waals surface area contributed by atoms with Gasteiger partial charge in [-0.05, 0) is 12.1 Å². The Morgan fingerprint density at radius 1 is 1.29 bits per heavy atom. The molecule has 0 saturated carbocycles. The second-order valence-electron chi connectivity index (χ2n) is 4.36.